The van der Waals surface area contributed by atoms with Gasteiger partial charge in [-0.15, -0.1) is 0 Å². The average molecular weight is 532 g/mol. The summed E-state index contributed by atoms with van der Waals surface area (Å²) in [5.41, 5.74) is 3.86. The average Bonchev–Trinajstić information content (AvgIpc) is 2.88. The van der Waals surface area contributed by atoms with Crippen LogP contribution in [0.25, 0.3) is 22.0 Å². The molecule has 1 unspecified atom stereocenters. The highest BCUT2D eigenvalue weighted by molar-refractivity contribution is 6.31. The van der Waals surface area contributed by atoms with E-state index in [1.807, 2.05) is 37.3 Å². The summed E-state index contributed by atoms with van der Waals surface area (Å²) in [6, 6.07) is 16.0. The topological polar surface area (TPSA) is 54.8 Å². The van der Waals surface area contributed by atoms with Crippen LogP contribution in [0.4, 0.5) is 14.5 Å². The number of benzene rings is 3. The number of fused-ring (bicyclic) bond motifs is 2. The minimum atomic E-state index is -1.00. The van der Waals surface area contributed by atoms with Crippen LogP contribution in [0.15, 0.2) is 65.8 Å². The van der Waals surface area contributed by atoms with Crippen LogP contribution in [0.1, 0.15) is 33.8 Å². The molecule has 1 fully saturated rings. The lowest BCUT2D eigenvalue weighted by atomic mass is 9.94. The molecule has 2 aliphatic rings. The Morgan fingerprint density at radius 3 is 2.79 bits per heavy atom. The smallest absolute Gasteiger partial charge is 0.280 e. The third-order valence-electron chi connectivity index (χ3n) is 7.05. The second-order valence-corrected chi connectivity index (χ2v) is 10.2. The number of alkyl halides is 1. The number of aliphatic imine (C=N–C) groups is 1. The largest absolute Gasteiger partial charge is 0.493 e. The lowest BCUT2D eigenvalue weighted by Crippen LogP contribution is -2.49. The predicted octanol–water partition coefficient (Wildman–Crippen LogP) is 6.94. The Labute approximate surface area is 223 Å². The van der Waals surface area contributed by atoms with E-state index in [9.17, 15) is 9.18 Å². The third kappa shape index (κ3) is 4.41. The number of nitrogens with zero attached hydrogens (tertiary/aromatic N) is 3. The molecular formula is C30H24ClF2N3O2. The van der Waals surface area contributed by atoms with Crippen LogP contribution in [0, 0.1) is 12.7 Å². The normalized spacial score (nSPS) is 17.4. The van der Waals surface area contributed by atoms with Gasteiger partial charge in [0.2, 0.25) is 0 Å². The quantitative estimate of drug-likeness (QED) is 0.268. The number of anilines is 1. The molecule has 192 valence electrons. The lowest BCUT2D eigenvalue weighted by Gasteiger charge is -2.38. The highest BCUT2D eigenvalue weighted by atomic mass is 35.5. The van der Waals surface area contributed by atoms with Gasteiger partial charge in [-0.25, -0.2) is 13.8 Å². The summed E-state index contributed by atoms with van der Waals surface area (Å²) in [6.45, 7) is 2.69. The van der Waals surface area contributed by atoms with Crippen molar-refractivity contribution in [2.24, 2.45) is 4.99 Å². The van der Waals surface area contributed by atoms with Crippen molar-refractivity contribution in [3.8, 4) is 16.9 Å². The number of carbonyl (C=O) groups excluding carboxylic acids is 1. The fourth-order valence-electron chi connectivity index (χ4n) is 5.24. The fourth-order valence-corrected chi connectivity index (χ4v) is 5.53. The number of rotatable bonds is 4. The number of ether oxygens (including phenoxy) is 1. The number of carbonyl (C=O) groups is 1. The maximum Gasteiger partial charge on any atom is 0.280 e. The number of amides is 1. The Bertz CT molecular complexity index is 1580. The second kappa shape index (κ2) is 9.80. The van der Waals surface area contributed by atoms with Gasteiger partial charge < -0.3 is 9.64 Å². The molecule has 0 N–H and O–H groups in total. The zero-order chi connectivity index (χ0) is 26.4. The molecule has 5 nitrogen and oxygen atoms in total. The van der Waals surface area contributed by atoms with Crippen LogP contribution in [0.3, 0.4) is 0 Å². The SMILES string of the molecule is Cc1cc(Cl)cc(-c2c(F)ccc3c(N4CC(F)C4)c(C(=O)N=CC4CCOc5ccccc54)cnc23)c1. The van der Waals surface area contributed by atoms with Crippen LogP contribution >= 0.6 is 11.6 Å². The number of hydrogen-bond acceptors (Lipinski definition) is 4. The van der Waals surface area contributed by atoms with E-state index in [0.717, 1.165) is 16.9 Å². The Morgan fingerprint density at radius 1 is 1.18 bits per heavy atom. The van der Waals surface area contributed by atoms with E-state index in [1.54, 1.807) is 29.3 Å². The minimum Gasteiger partial charge on any atom is -0.493 e. The van der Waals surface area contributed by atoms with Gasteiger partial charge in [0.25, 0.3) is 5.91 Å². The van der Waals surface area contributed by atoms with E-state index in [0.29, 0.717) is 40.2 Å². The molecule has 0 saturated carbocycles. The number of aromatic nitrogens is 1. The van der Waals surface area contributed by atoms with Crippen molar-refractivity contribution in [2.45, 2.75) is 25.4 Å². The van der Waals surface area contributed by atoms with Gasteiger partial charge in [-0.2, -0.15) is 0 Å². The van der Waals surface area contributed by atoms with Crippen molar-refractivity contribution in [1.29, 1.82) is 0 Å². The van der Waals surface area contributed by atoms with E-state index in [1.165, 1.54) is 12.3 Å². The lowest BCUT2D eigenvalue weighted by molar-refractivity contribution is 0.100. The van der Waals surface area contributed by atoms with Gasteiger partial charge >= 0.3 is 0 Å². The van der Waals surface area contributed by atoms with Crippen molar-refractivity contribution in [2.75, 3.05) is 24.6 Å². The van der Waals surface area contributed by atoms with E-state index in [2.05, 4.69) is 9.98 Å². The number of hydrogen-bond donors (Lipinski definition) is 0. The summed E-state index contributed by atoms with van der Waals surface area (Å²) in [7, 11) is 0. The molecule has 2 aliphatic heterocycles. The van der Waals surface area contributed by atoms with Gasteiger partial charge in [-0.3, -0.25) is 9.78 Å². The van der Waals surface area contributed by atoms with Crippen molar-refractivity contribution in [3.63, 3.8) is 0 Å². The van der Waals surface area contributed by atoms with Gasteiger partial charge in [0.05, 0.1) is 36.5 Å². The fraction of sp³-hybridized carbons (Fsp3) is 0.233. The highest BCUT2D eigenvalue weighted by Crippen LogP contribution is 2.40. The summed E-state index contributed by atoms with van der Waals surface area (Å²) < 4.78 is 34.9. The molecule has 0 bridgehead atoms. The predicted molar refractivity (Wildman–Crippen MR) is 146 cm³/mol. The number of halogens is 3. The van der Waals surface area contributed by atoms with Crippen molar-refractivity contribution in [1.82, 2.24) is 4.98 Å². The Balaban J connectivity index is 1.45. The van der Waals surface area contributed by atoms with E-state index >= 15 is 4.39 Å². The van der Waals surface area contributed by atoms with Crippen molar-refractivity contribution < 1.29 is 18.3 Å². The Kier molecular flexibility index (Phi) is 6.32. The molecule has 6 rings (SSSR count). The molecule has 1 amide bonds. The molecule has 3 heterocycles. The van der Waals surface area contributed by atoms with Crippen molar-refractivity contribution >= 4 is 40.3 Å². The van der Waals surface area contributed by atoms with Crippen LogP contribution in [-0.2, 0) is 0 Å². The first-order valence-electron chi connectivity index (χ1n) is 12.5. The Hall–Kier alpha value is -3.84. The number of pyridine rings is 1. The number of aryl methyl sites for hydroxylation is 1. The van der Waals surface area contributed by atoms with E-state index in [4.69, 9.17) is 16.3 Å². The van der Waals surface area contributed by atoms with Gasteiger partial charge in [-0.05, 0) is 54.8 Å². The molecule has 1 atom stereocenters. The molecule has 1 saturated heterocycles. The van der Waals surface area contributed by atoms with Gasteiger partial charge in [0.1, 0.15) is 17.7 Å². The first kappa shape index (κ1) is 24.5. The van der Waals surface area contributed by atoms with Crippen molar-refractivity contribution in [3.05, 3.63) is 88.3 Å². The zero-order valence-corrected chi connectivity index (χ0v) is 21.4. The molecule has 3 aromatic carbocycles. The zero-order valence-electron chi connectivity index (χ0n) is 20.6. The molecule has 4 aromatic rings. The standard InChI is InChI=1S/C30H24ClF2N3O2/c1-17-10-19(12-20(31)11-17)27-25(33)7-6-23-28(27)34-14-24(29(23)36-15-21(32)16-36)30(37)35-13-18-8-9-38-26-5-3-2-4-22(18)26/h2-7,10-14,18,21H,8-9,15-16H2,1H3. The summed E-state index contributed by atoms with van der Waals surface area (Å²) in [4.78, 5) is 24.0. The van der Waals surface area contributed by atoms with Gasteiger partial charge in [0, 0.05) is 39.9 Å². The van der Waals surface area contributed by atoms with Crippen LogP contribution in [0.2, 0.25) is 5.02 Å². The summed E-state index contributed by atoms with van der Waals surface area (Å²) >= 11 is 6.27. The van der Waals surface area contributed by atoms with E-state index in [-0.39, 0.29) is 30.1 Å². The second-order valence-electron chi connectivity index (χ2n) is 9.72. The molecule has 1 aromatic heterocycles. The number of para-hydroxylation sites is 1. The maximum atomic E-state index is 15.2. The highest BCUT2D eigenvalue weighted by Gasteiger charge is 2.32. The minimum absolute atomic E-state index is 0.0632. The summed E-state index contributed by atoms with van der Waals surface area (Å²) in [6.07, 6.45) is 2.77. The summed E-state index contributed by atoms with van der Waals surface area (Å²) in [5, 5.41) is 1.04. The molecule has 0 aliphatic carbocycles. The first-order valence-corrected chi connectivity index (χ1v) is 12.8. The molecule has 0 spiro atoms. The monoisotopic (exact) mass is 531 g/mol. The molecule has 8 heteroatoms. The van der Waals surface area contributed by atoms with Crippen LogP contribution < -0.4 is 9.64 Å². The van der Waals surface area contributed by atoms with Crippen LogP contribution in [0.5, 0.6) is 5.75 Å². The molecular weight excluding hydrogens is 508 g/mol. The molecule has 38 heavy (non-hydrogen) atoms. The third-order valence-corrected chi connectivity index (χ3v) is 7.27. The molecule has 0 radical (unpaired) electrons. The van der Waals surface area contributed by atoms with E-state index < -0.39 is 17.9 Å². The van der Waals surface area contributed by atoms with Crippen LogP contribution in [-0.4, -0.2) is 43.0 Å². The summed E-state index contributed by atoms with van der Waals surface area (Å²) in [5.74, 6) is -0.215. The first-order chi connectivity index (χ1) is 18.4. The Morgan fingerprint density at radius 2 is 2.00 bits per heavy atom. The van der Waals surface area contributed by atoms with Gasteiger partial charge in [0.15, 0.2) is 0 Å². The maximum absolute atomic E-state index is 15.2. The van der Waals surface area contributed by atoms with Gasteiger partial charge in [-0.1, -0.05) is 35.9 Å².